The van der Waals surface area contributed by atoms with Gasteiger partial charge in [0.15, 0.2) is 17.2 Å². The Labute approximate surface area is 131 Å². The second-order valence-corrected chi connectivity index (χ2v) is 5.01. The molecule has 1 aliphatic heterocycles. The van der Waals surface area contributed by atoms with Crippen LogP contribution < -0.4 is 14.2 Å². The van der Waals surface area contributed by atoms with E-state index in [2.05, 4.69) is 5.10 Å². The number of hydrogen-bond donors (Lipinski definition) is 1. The van der Waals surface area contributed by atoms with Gasteiger partial charge in [-0.15, -0.1) is 0 Å². The first-order chi connectivity index (χ1) is 10.5. The quantitative estimate of drug-likeness (QED) is 0.932. The number of carboxylic acids is 1. The van der Waals surface area contributed by atoms with Crippen LogP contribution in [0, 0.1) is 0 Å². The van der Waals surface area contributed by atoms with E-state index in [-0.39, 0.29) is 5.69 Å². The van der Waals surface area contributed by atoms with Gasteiger partial charge in [0.1, 0.15) is 19.0 Å². The first kappa shape index (κ1) is 14.5. The molecular weight excluding hydrogens is 312 g/mol. The van der Waals surface area contributed by atoms with Crippen molar-refractivity contribution in [1.29, 1.82) is 0 Å². The normalized spacial score (nSPS) is 13.0. The van der Waals surface area contributed by atoms with E-state index >= 15 is 0 Å². The van der Waals surface area contributed by atoms with E-state index in [0.29, 0.717) is 46.7 Å². The molecule has 1 aromatic heterocycles. The van der Waals surface area contributed by atoms with Crippen LogP contribution in [0.2, 0.25) is 5.02 Å². The number of ether oxygens (including phenoxy) is 3. The number of nitrogens with zero attached hydrogens (tertiary/aromatic N) is 2. The predicted molar refractivity (Wildman–Crippen MR) is 78.2 cm³/mol. The van der Waals surface area contributed by atoms with Crippen molar-refractivity contribution in [3.8, 4) is 28.5 Å². The molecule has 1 N–H and O–H groups in total. The van der Waals surface area contributed by atoms with E-state index in [1.807, 2.05) is 0 Å². The van der Waals surface area contributed by atoms with E-state index < -0.39 is 5.97 Å². The first-order valence-electron chi connectivity index (χ1n) is 6.46. The summed E-state index contributed by atoms with van der Waals surface area (Å²) in [7, 11) is 3.13. The van der Waals surface area contributed by atoms with Gasteiger partial charge in [-0.05, 0) is 6.07 Å². The van der Waals surface area contributed by atoms with Gasteiger partial charge in [0.2, 0.25) is 0 Å². The van der Waals surface area contributed by atoms with Gasteiger partial charge in [0.25, 0.3) is 0 Å². The number of carboxylic acid groups (broad SMARTS) is 1. The fourth-order valence-electron chi connectivity index (χ4n) is 2.32. The Kier molecular flexibility index (Phi) is 3.58. The number of aromatic nitrogens is 2. The zero-order valence-corrected chi connectivity index (χ0v) is 12.7. The minimum absolute atomic E-state index is 0.0816. The van der Waals surface area contributed by atoms with E-state index in [9.17, 15) is 4.79 Å². The number of hydrogen-bond acceptors (Lipinski definition) is 5. The molecule has 0 amide bonds. The average Bonchev–Trinajstić information content (AvgIpc) is 2.88. The van der Waals surface area contributed by atoms with E-state index in [1.165, 1.54) is 17.9 Å². The molecule has 0 unspecified atom stereocenters. The maximum atomic E-state index is 11.1. The number of fused-ring (bicyclic) bond motifs is 1. The number of aryl methyl sites for hydroxylation is 1. The zero-order valence-electron chi connectivity index (χ0n) is 11.9. The summed E-state index contributed by atoms with van der Waals surface area (Å²) in [4.78, 5) is 11.1. The zero-order chi connectivity index (χ0) is 15.9. The summed E-state index contributed by atoms with van der Waals surface area (Å²) < 4.78 is 17.9. The molecule has 116 valence electrons. The summed E-state index contributed by atoms with van der Waals surface area (Å²) in [5.41, 5.74) is 0.920. The molecule has 0 bridgehead atoms. The van der Waals surface area contributed by atoms with Gasteiger partial charge >= 0.3 is 5.97 Å². The van der Waals surface area contributed by atoms with Crippen molar-refractivity contribution < 1.29 is 24.1 Å². The van der Waals surface area contributed by atoms with E-state index in [4.69, 9.17) is 30.9 Å². The molecule has 0 saturated carbocycles. The molecule has 0 spiro atoms. The second-order valence-electron chi connectivity index (χ2n) is 4.64. The van der Waals surface area contributed by atoms with E-state index in [0.717, 1.165) is 0 Å². The SMILES string of the molecule is COc1cc2c(c(-c3cc(C(=O)O)nn3C)c1Cl)OCCO2. The Morgan fingerprint density at radius 1 is 1.41 bits per heavy atom. The fraction of sp³-hybridized carbons (Fsp3) is 0.286. The number of benzene rings is 1. The van der Waals surface area contributed by atoms with Crippen LogP contribution in [0.25, 0.3) is 11.3 Å². The molecule has 8 heteroatoms. The lowest BCUT2D eigenvalue weighted by Gasteiger charge is -2.23. The third kappa shape index (κ3) is 2.23. The lowest BCUT2D eigenvalue weighted by Crippen LogP contribution is -2.16. The molecule has 1 aliphatic rings. The highest BCUT2D eigenvalue weighted by molar-refractivity contribution is 6.35. The molecule has 0 aliphatic carbocycles. The Balaban J connectivity index is 2.27. The summed E-state index contributed by atoms with van der Waals surface area (Å²) in [5.74, 6) is 0.253. The van der Waals surface area contributed by atoms with Crippen molar-refractivity contribution in [3.63, 3.8) is 0 Å². The van der Waals surface area contributed by atoms with Gasteiger partial charge in [-0.3, -0.25) is 4.68 Å². The Hall–Kier alpha value is -2.41. The molecule has 0 saturated heterocycles. The van der Waals surface area contributed by atoms with Crippen molar-refractivity contribution >= 4 is 17.6 Å². The maximum Gasteiger partial charge on any atom is 0.356 e. The van der Waals surface area contributed by atoms with Crippen molar-refractivity contribution in [3.05, 3.63) is 22.8 Å². The van der Waals surface area contributed by atoms with Crippen LogP contribution in [0.1, 0.15) is 10.5 Å². The Morgan fingerprint density at radius 2 is 2.14 bits per heavy atom. The van der Waals surface area contributed by atoms with Gasteiger partial charge in [0, 0.05) is 13.1 Å². The topological polar surface area (TPSA) is 82.8 Å². The summed E-state index contributed by atoms with van der Waals surface area (Å²) in [5, 5.41) is 13.4. The van der Waals surface area contributed by atoms with Crippen molar-refractivity contribution in [2.75, 3.05) is 20.3 Å². The molecule has 22 heavy (non-hydrogen) atoms. The molecule has 1 aromatic carbocycles. The number of methoxy groups -OCH3 is 1. The van der Waals surface area contributed by atoms with Crippen LogP contribution in [-0.4, -0.2) is 41.2 Å². The van der Waals surface area contributed by atoms with Crippen LogP contribution in [0.15, 0.2) is 12.1 Å². The van der Waals surface area contributed by atoms with Crippen LogP contribution in [0.4, 0.5) is 0 Å². The minimum atomic E-state index is -1.12. The smallest absolute Gasteiger partial charge is 0.356 e. The average molecular weight is 325 g/mol. The minimum Gasteiger partial charge on any atom is -0.495 e. The standard InChI is InChI=1S/C14H13ClN2O5/c1-17-8(5-7(16-17)14(18)19)11-12(15)9(20-2)6-10-13(11)22-4-3-21-10/h5-6H,3-4H2,1-2H3,(H,18,19). The lowest BCUT2D eigenvalue weighted by atomic mass is 10.1. The number of aromatic carboxylic acids is 1. The maximum absolute atomic E-state index is 11.1. The fourth-order valence-corrected chi connectivity index (χ4v) is 2.64. The largest absolute Gasteiger partial charge is 0.495 e. The van der Waals surface area contributed by atoms with Crippen LogP contribution in [0.3, 0.4) is 0 Å². The molecule has 2 heterocycles. The van der Waals surface area contributed by atoms with Crippen molar-refractivity contribution in [2.24, 2.45) is 7.05 Å². The molecule has 3 rings (SSSR count). The van der Waals surface area contributed by atoms with E-state index in [1.54, 1.807) is 13.1 Å². The van der Waals surface area contributed by atoms with Gasteiger partial charge in [-0.2, -0.15) is 5.10 Å². The summed E-state index contributed by atoms with van der Waals surface area (Å²) in [6, 6.07) is 3.08. The number of halogens is 1. The molecule has 7 nitrogen and oxygen atoms in total. The molecule has 2 aromatic rings. The monoisotopic (exact) mass is 324 g/mol. The predicted octanol–water partition coefficient (Wildman–Crippen LogP) is 2.22. The van der Waals surface area contributed by atoms with Crippen LogP contribution >= 0.6 is 11.6 Å². The van der Waals surface area contributed by atoms with Gasteiger partial charge in [-0.25, -0.2) is 4.79 Å². The van der Waals surface area contributed by atoms with Crippen molar-refractivity contribution in [1.82, 2.24) is 9.78 Å². The van der Waals surface area contributed by atoms with Gasteiger partial charge < -0.3 is 19.3 Å². The highest BCUT2D eigenvalue weighted by atomic mass is 35.5. The van der Waals surface area contributed by atoms with Crippen LogP contribution in [-0.2, 0) is 7.05 Å². The summed E-state index contributed by atoms with van der Waals surface area (Å²) in [6.07, 6.45) is 0. The van der Waals surface area contributed by atoms with Crippen molar-refractivity contribution in [2.45, 2.75) is 0 Å². The number of carbonyl (C=O) groups is 1. The summed E-state index contributed by atoms with van der Waals surface area (Å²) >= 11 is 6.39. The first-order valence-corrected chi connectivity index (χ1v) is 6.84. The molecular formula is C14H13ClN2O5. The molecule has 0 radical (unpaired) electrons. The lowest BCUT2D eigenvalue weighted by molar-refractivity contribution is 0.0689. The molecule has 0 fully saturated rings. The second kappa shape index (κ2) is 5.42. The highest BCUT2D eigenvalue weighted by Crippen LogP contribution is 2.49. The third-order valence-electron chi connectivity index (χ3n) is 3.31. The third-order valence-corrected chi connectivity index (χ3v) is 3.69. The molecule has 0 atom stereocenters. The Bertz CT molecular complexity index is 756. The van der Waals surface area contributed by atoms with Gasteiger partial charge in [0.05, 0.1) is 23.4 Å². The van der Waals surface area contributed by atoms with Crippen LogP contribution in [0.5, 0.6) is 17.2 Å². The number of rotatable bonds is 3. The van der Waals surface area contributed by atoms with Gasteiger partial charge in [-0.1, -0.05) is 11.6 Å². The summed E-state index contributed by atoms with van der Waals surface area (Å²) in [6.45, 7) is 0.801. The Morgan fingerprint density at radius 3 is 2.77 bits per heavy atom. The highest BCUT2D eigenvalue weighted by Gasteiger charge is 2.26.